The number of nitrogens with one attached hydrogen (secondary N) is 1. The van der Waals surface area contributed by atoms with E-state index in [1.54, 1.807) is 0 Å². The lowest BCUT2D eigenvalue weighted by atomic mass is 10.0. The van der Waals surface area contributed by atoms with Crippen molar-refractivity contribution in [2.24, 2.45) is 10.1 Å². The summed E-state index contributed by atoms with van der Waals surface area (Å²) in [7, 11) is -3.48. The minimum atomic E-state index is -3.48. The summed E-state index contributed by atoms with van der Waals surface area (Å²) in [5, 5.41) is 8.31. The van der Waals surface area contributed by atoms with E-state index in [1.807, 2.05) is 6.92 Å². The maximum atomic E-state index is 11.1. The number of nitrogens with zero attached hydrogens (tertiary/aromatic N) is 3. The summed E-state index contributed by atoms with van der Waals surface area (Å²) >= 11 is 0. The van der Waals surface area contributed by atoms with Gasteiger partial charge in [-0.05, 0) is 18.9 Å². The average molecular weight is 382 g/mol. The third kappa shape index (κ3) is 6.26. The van der Waals surface area contributed by atoms with E-state index < -0.39 is 10.0 Å². The van der Waals surface area contributed by atoms with Gasteiger partial charge in [0.1, 0.15) is 0 Å². The molecule has 1 fully saturated rings. The number of guanidine groups is 1. The number of aliphatic imine (C=N–C) groups is 1. The third-order valence-corrected chi connectivity index (χ3v) is 5.35. The summed E-state index contributed by atoms with van der Waals surface area (Å²) in [6.07, 6.45) is 1.08. The highest BCUT2D eigenvalue weighted by molar-refractivity contribution is 7.89. The van der Waals surface area contributed by atoms with Crippen LogP contribution in [0.4, 0.5) is 0 Å². The zero-order valence-corrected chi connectivity index (χ0v) is 16.6. The molecule has 0 spiro atoms. The minimum Gasteiger partial charge on any atom is -0.357 e. The van der Waals surface area contributed by atoms with E-state index in [2.05, 4.69) is 57.4 Å². The van der Waals surface area contributed by atoms with Crippen molar-refractivity contribution < 1.29 is 8.42 Å². The molecule has 1 unspecified atom stereocenters. The molecule has 2 rings (SSSR count). The van der Waals surface area contributed by atoms with Crippen LogP contribution in [0.2, 0.25) is 0 Å². The van der Waals surface area contributed by atoms with Gasteiger partial charge in [-0.1, -0.05) is 37.3 Å². The Morgan fingerprint density at radius 3 is 2.38 bits per heavy atom. The fourth-order valence-electron chi connectivity index (χ4n) is 3.33. The molecule has 0 aliphatic carbocycles. The minimum absolute atomic E-state index is 0.131. The molecular weight excluding hydrogens is 350 g/mol. The van der Waals surface area contributed by atoms with E-state index in [0.717, 1.165) is 45.1 Å². The van der Waals surface area contributed by atoms with Crippen molar-refractivity contribution in [1.82, 2.24) is 15.1 Å². The number of nitrogens with two attached hydrogens (primary N) is 1. The normalized spacial score (nSPS) is 18.0. The number of hydrogen-bond donors (Lipinski definition) is 2. The lowest BCUT2D eigenvalue weighted by Gasteiger charge is -2.40. The number of piperazine rings is 1. The topological polar surface area (TPSA) is 91.0 Å². The first-order valence-corrected chi connectivity index (χ1v) is 11.0. The first-order chi connectivity index (χ1) is 12.4. The van der Waals surface area contributed by atoms with Crippen LogP contribution >= 0.6 is 0 Å². The predicted molar refractivity (Wildman–Crippen MR) is 107 cm³/mol. The Balaban J connectivity index is 1.97. The molecule has 1 aromatic rings. The highest BCUT2D eigenvalue weighted by atomic mass is 32.2. The Hall–Kier alpha value is -1.64. The van der Waals surface area contributed by atoms with Crippen molar-refractivity contribution in [2.75, 3.05) is 45.0 Å². The third-order valence-electron chi connectivity index (χ3n) is 4.60. The van der Waals surface area contributed by atoms with Gasteiger partial charge in [0.25, 0.3) is 0 Å². The van der Waals surface area contributed by atoms with Gasteiger partial charge in [0.2, 0.25) is 10.0 Å². The van der Waals surface area contributed by atoms with Crippen LogP contribution in [0, 0.1) is 0 Å². The van der Waals surface area contributed by atoms with Gasteiger partial charge in [0, 0.05) is 38.8 Å². The van der Waals surface area contributed by atoms with Crippen LogP contribution in [-0.4, -0.2) is 69.2 Å². The van der Waals surface area contributed by atoms with E-state index in [4.69, 9.17) is 5.14 Å². The van der Waals surface area contributed by atoms with Gasteiger partial charge in [-0.25, -0.2) is 13.6 Å². The molecule has 0 amide bonds. The molecule has 1 aliphatic rings. The number of benzene rings is 1. The molecule has 146 valence electrons. The molecule has 3 N–H and O–H groups in total. The Labute approximate surface area is 157 Å². The van der Waals surface area contributed by atoms with Crippen molar-refractivity contribution in [2.45, 2.75) is 26.3 Å². The molecule has 1 saturated heterocycles. The second kappa shape index (κ2) is 9.89. The zero-order chi connectivity index (χ0) is 19.0. The molecule has 1 atom stereocenters. The van der Waals surface area contributed by atoms with Crippen LogP contribution in [-0.2, 0) is 10.0 Å². The highest BCUT2D eigenvalue weighted by Gasteiger charge is 2.25. The summed E-state index contributed by atoms with van der Waals surface area (Å²) in [4.78, 5) is 9.13. The van der Waals surface area contributed by atoms with Gasteiger partial charge in [-0.2, -0.15) is 0 Å². The van der Waals surface area contributed by atoms with Crippen molar-refractivity contribution in [3.63, 3.8) is 0 Å². The number of hydrogen-bond acceptors (Lipinski definition) is 4. The molecular formula is C18H31N5O2S. The zero-order valence-electron chi connectivity index (χ0n) is 15.8. The summed E-state index contributed by atoms with van der Waals surface area (Å²) < 4.78 is 22.2. The summed E-state index contributed by atoms with van der Waals surface area (Å²) in [5.41, 5.74) is 1.36. The average Bonchev–Trinajstić information content (AvgIpc) is 2.62. The SMILES string of the molecule is CCNC(=NCCS(N)(=O)=O)N1CCN(C(CC)c2ccccc2)CC1. The van der Waals surface area contributed by atoms with Gasteiger partial charge < -0.3 is 10.2 Å². The Morgan fingerprint density at radius 1 is 1.19 bits per heavy atom. The van der Waals surface area contributed by atoms with Gasteiger partial charge >= 0.3 is 0 Å². The van der Waals surface area contributed by atoms with Crippen LogP contribution in [0.3, 0.4) is 0 Å². The summed E-state index contributed by atoms with van der Waals surface area (Å²) in [5.74, 6) is 0.636. The summed E-state index contributed by atoms with van der Waals surface area (Å²) in [6, 6.07) is 11.1. The monoisotopic (exact) mass is 381 g/mol. The maximum Gasteiger partial charge on any atom is 0.210 e. The lowest BCUT2D eigenvalue weighted by Crippen LogP contribution is -2.53. The van der Waals surface area contributed by atoms with E-state index in [9.17, 15) is 8.42 Å². The predicted octanol–water partition coefficient (Wildman–Crippen LogP) is 1.01. The van der Waals surface area contributed by atoms with Gasteiger partial charge in [-0.15, -0.1) is 0 Å². The van der Waals surface area contributed by atoms with Crippen molar-refractivity contribution in [3.8, 4) is 0 Å². The van der Waals surface area contributed by atoms with E-state index in [0.29, 0.717) is 6.04 Å². The van der Waals surface area contributed by atoms with Crippen molar-refractivity contribution in [3.05, 3.63) is 35.9 Å². The van der Waals surface area contributed by atoms with Crippen molar-refractivity contribution in [1.29, 1.82) is 0 Å². The molecule has 0 bridgehead atoms. The van der Waals surface area contributed by atoms with Crippen LogP contribution in [0.5, 0.6) is 0 Å². The highest BCUT2D eigenvalue weighted by Crippen LogP contribution is 2.25. The quantitative estimate of drug-likeness (QED) is 0.543. The van der Waals surface area contributed by atoms with E-state index in [1.165, 1.54) is 5.56 Å². The largest absolute Gasteiger partial charge is 0.357 e. The van der Waals surface area contributed by atoms with Crippen LogP contribution in [0.1, 0.15) is 31.9 Å². The van der Waals surface area contributed by atoms with Crippen molar-refractivity contribution >= 4 is 16.0 Å². The fraction of sp³-hybridized carbons (Fsp3) is 0.611. The molecule has 0 saturated carbocycles. The van der Waals surface area contributed by atoms with E-state index in [-0.39, 0.29) is 12.3 Å². The van der Waals surface area contributed by atoms with Gasteiger partial charge in [-0.3, -0.25) is 9.89 Å². The molecule has 0 aromatic heterocycles. The number of primary sulfonamides is 1. The Kier molecular flexibility index (Phi) is 7.86. The molecule has 1 aromatic carbocycles. The smallest absolute Gasteiger partial charge is 0.210 e. The fourth-order valence-corrected chi connectivity index (χ4v) is 3.68. The second-order valence-corrected chi connectivity index (χ2v) is 8.19. The first kappa shape index (κ1) is 20.7. The second-order valence-electron chi connectivity index (χ2n) is 6.46. The van der Waals surface area contributed by atoms with Crippen LogP contribution in [0.15, 0.2) is 35.3 Å². The lowest BCUT2D eigenvalue weighted by molar-refractivity contribution is 0.127. The number of rotatable bonds is 7. The Bertz CT molecular complexity index is 670. The number of sulfonamides is 1. The van der Waals surface area contributed by atoms with Gasteiger partial charge in [0.05, 0.1) is 12.3 Å². The molecule has 7 nitrogen and oxygen atoms in total. The first-order valence-electron chi connectivity index (χ1n) is 9.27. The maximum absolute atomic E-state index is 11.1. The van der Waals surface area contributed by atoms with E-state index >= 15 is 0 Å². The molecule has 0 radical (unpaired) electrons. The molecule has 8 heteroatoms. The molecule has 1 heterocycles. The summed E-state index contributed by atoms with van der Waals surface area (Å²) in [6.45, 7) is 8.80. The van der Waals surface area contributed by atoms with Gasteiger partial charge in [0.15, 0.2) is 5.96 Å². The molecule has 26 heavy (non-hydrogen) atoms. The Morgan fingerprint density at radius 2 is 1.85 bits per heavy atom. The molecule has 1 aliphatic heterocycles. The standard InChI is InChI=1S/C18H31N5O2S/c1-3-17(16-8-6-5-7-9-16)22-11-13-23(14-12-22)18(20-4-2)21-10-15-26(19,24)25/h5-9,17H,3-4,10-15H2,1-2H3,(H,20,21)(H2,19,24,25). The van der Waals surface area contributed by atoms with Crippen LogP contribution < -0.4 is 10.5 Å². The van der Waals surface area contributed by atoms with Crippen LogP contribution in [0.25, 0.3) is 0 Å².